The first-order valence-electron chi connectivity index (χ1n) is 1.52. The second kappa shape index (κ2) is 2.59. The van der Waals surface area contributed by atoms with Crippen LogP contribution in [0.4, 0.5) is 0 Å². The molecule has 0 rings (SSSR count). The van der Waals surface area contributed by atoms with Crippen molar-refractivity contribution in [2.45, 2.75) is 0 Å². The van der Waals surface area contributed by atoms with Gasteiger partial charge in [0.1, 0.15) is 4.87 Å². The Labute approximate surface area is 35.3 Å². The molecule has 0 unspecified atom stereocenters. The summed E-state index contributed by atoms with van der Waals surface area (Å²) in [6.45, 7) is -0.306. The number of hydrazine groups is 1. The minimum Gasteiger partial charge on any atom is -0.371 e. The topological polar surface area (TPSA) is 52.3 Å². The zero-order valence-electron chi connectivity index (χ0n) is 3.51. The first kappa shape index (κ1) is 5.36. The summed E-state index contributed by atoms with van der Waals surface area (Å²) in [5.41, 5.74) is 2.04. The standard InChI is InChI=1S/C2H7N2O2/c1-4(6)3-2-5/h5H,2H2,1H3,(H,3,6)/q+1. The normalized spacial score (nSPS) is 7.67. The Hall–Kier alpha value is -0.640. The third kappa shape index (κ3) is 3.36. The van der Waals surface area contributed by atoms with Crippen LogP contribution in [0, 0.1) is 4.91 Å². The highest BCUT2D eigenvalue weighted by Crippen LogP contribution is 1.45. The molecule has 0 spiro atoms. The molecule has 0 saturated heterocycles. The average molecular weight is 91.1 g/mol. The summed E-state index contributed by atoms with van der Waals surface area (Å²) in [6.07, 6.45) is 0. The minimum absolute atomic E-state index is 0.306. The van der Waals surface area contributed by atoms with Crippen molar-refractivity contribution in [1.82, 2.24) is 5.43 Å². The van der Waals surface area contributed by atoms with Crippen molar-refractivity contribution in [1.29, 1.82) is 0 Å². The molecule has 0 heterocycles. The molecule has 0 aliphatic heterocycles. The number of hydrogen-bond acceptors (Lipinski definition) is 2. The molecule has 4 nitrogen and oxygen atoms in total. The summed E-state index contributed by atoms with van der Waals surface area (Å²) < 4.78 is 0. The van der Waals surface area contributed by atoms with E-state index < -0.39 is 0 Å². The number of aliphatic hydroxyl groups excluding tert-OH is 1. The minimum atomic E-state index is -0.306. The number of nitrogens with zero attached hydrogens (tertiary/aromatic N) is 1. The van der Waals surface area contributed by atoms with E-state index in [1.807, 2.05) is 5.43 Å². The smallest absolute Gasteiger partial charge is 0.216 e. The number of rotatable bonds is 2. The average Bonchev–Trinajstić information content (AvgIpc) is 1.35. The molecule has 0 aliphatic rings. The van der Waals surface area contributed by atoms with Crippen LogP contribution in [0.1, 0.15) is 0 Å². The van der Waals surface area contributed by atoms with Gasteiger partial charge in [-0.2, -0.15) is 0 Å². The van der Waals surface area contributed by atoms with Crippen LogP contribution in [0.2, 0.25) is 0 Å². The Kier molecular flexibility index (Phi) is 2.31. The van der Waals surface area contributed by atoms with E-state index >= 15 is 0 Å². The van der Waals surface area contributed by atoms with Gasteiger partial charge < -0.3 is 5.11 Å². The molecule has 0 radical (unpaired) electrons. The van der Waals surface area contributed by atoms with E-state index in [-0.39, 0.29) is 6.73 Å². The molecule has 0 fully saturated rings. The van der Waals surface area contributed by atoms with Crippen LogP contribution in [0.25, 0.3) is 0 Å². The SMILES string of the molecule is C[N+](=O)NCO. The van der Waals surface area contributed by atoms with E-state index in [0.29, 0.717) is 4.87 Å². The Morgan fingerprint density at radius 1 is 2.00 bits per heavy atom. The monoisotopic (exact) mass is 91.1 g/mol. The summed E-state index contributed by atoms with van der Waals surface area (Å²) >= 11 is 0. The predicted octanol–water partition coefficient (Wildman–Crippen LogP) is -1.15. The fourth-order valence-electron chi connectivity index (χ4n) is 0.0996. The fourth-order valence-corrected chi connectivity index (χ4v) is 0.0996. The van der Waals surface area contributed by atoms with Gasteiger partial charge in [0.15, 0.2) is 6.73 Å². The van der Waals surface area contributed by atoms with Crippen LogP contribution in [0.5, 0.6) is 0 Å². The molecule has 0 aliphatic carbocycles. The lowest BCUT2D eigenvalue weighted by Gasteiger charge is -1.79. The van der Waals surface area contributed by atoms with E-state index in [1.54, 1.807) is 0 Å². The van der Waals surface area contributed by atoms with Crippen LogP contribution in [0.15, 0.2) is 0 Å². The van der Waals surface area contributed by atoms with E-state index in [9.17, 15) is 4.91 Å². The van der Waals surface area contributed by atoms with Crippen molar-refractivity contribution in [3.8, 4) is 0 Å². The molecule has 0 bridgehead atoms. The number of aliphatic hydroxyl groups is 1. The first-order valence-corrected chi connectivity index (χ1v) is 1.52. The lowest BCUT2D eigenvalue weighted by Crippen LogP contribution is -2.23. The molecule has 0 aromatic carbocycles. The van der Waals surface area contributed by atoms with Crippen molar-refractivity contribution < 1.29 is 9.98 Å². The first-order chi connectivity index (χ1) is 2.77. The van der Waals surface area contributed by atoms with Gasteiger partial charge in [-0.3, -0.25) is 0 Å². The van der Waals surface area contributed by atoms with E-state index in [1.165, 1.54) is 7.05 Å². The van der Waals surface area contributed by atoms with Gasteiger partial charge in [-0.1, -0.05) is 0 Å². The Morgan fingerprint density at radius 2 is 2.50 bits per heavy atom. The van der Waals surface area contributed by atoms with Crippen molar-refractivity contribution >= 4 is 0 Å². The van der Waals surface area contributed by atoms with Gasteiger partial charge >= 0.3 is 0 Å². The largest absolute Gasteiger partial charge is 0.371 e. The van der Waals surface area contributed by atoms with Crippen LogP contribution in [-0.2, 0) is 0 Å². The Morgan fingerprint density at radius 3 is 2.50 bits per heavy atom. The van der Waals surface area contributed by atoms with Crippen LogP contribution >= 0.6 is 0 Å². The van der Waals surface area contributed by atoms with Crippen LogP contribution in [-0.4, -0.2) is 23.8 Å². The van der Waals surface area contributed by atoms with Crippen molar-refractivity contribution in [3.63, 3.8) is 0 Å². The number of hydrogen-bond donors (Lipinski definition) is 2. The van der Waals surface area contributed by atoms with Crippen molar-refractivity contribution in [3.05, 3.63) is 4.91 Å². The molecule has 2 N–H and O–H groups in total. The van der Waals surface area contributed by atoms with Crippen molar-refractivity contribution in [2.24, 2.45) is 0 Å². The van der Waals surface area contributed by atoms with Gasteiger partial charge in [-0.15, -0.1) is 5.43 Å². The maximum atomic E-state index is 9.69. The van der Waals surface area contributed by atoms with Crippen LogP contribution in [0.3, 0.4) is 0 Å². The fraction of sp³-hybridized carbons (Fsp3) is 1.00. The lowest BCUT2D eigenvalue weighted by atomic mass is 11.3. The molecule has 0 aromatic rings. The summed E-state index contributed by atoms with van der Waals surface area (Å²) in [5, 5.41) is 7.88. The second-order valence-corrected chi connectivity index (χ2v) is 0.814. The quantitative estimate of drug-likeness (QED) is 0.256. The lowest BCUT2D eigenvalue weighted by molar-refractivity contribution is -0.585. The van der Waals surface area contributed by atoms with Crippen LogP contribution < -0.4 is 5.43 Å². The molecule has 6 heavy (non-hydrogen) atoms. The van der Waals surface area contributed by atoms with E-state index in [0.717, 1.165) is 0 Å². The van der Waals surface area contributed by atoms with E-state index in [2.05, 4.69) is 0 Å². The molecule has 0 aromatic heterocycles. The summed E-state index contributed by atoms with van der Waals surface area (Å²) in [5.74, 6) is 0. The predicted molar refractivity (Wildman–Crippen MR) is 19.8 cm³/mol. The van der Waals surface area contributed by atoms with Gasteiger partial charge in [0.05, 0.1) is 4.91 Å². The summed E-state index contributed by atoms with van der Waals surface area (Å²) in [6, 6.07) is 0. The van der Waals surface area contributed by atoms with Gasteiger partial charge in [-0.05, 0) is 0 Å². The molecule has 36 valence electrons. The zero-order valence-corrected chi connectivity index (χ0v) is 3.51. The number of nitrogens with one attached hydrogen (secondary N) is 1. The highest BCUT2D eigenvalue weighted by Gasteiger charge is 1.86. The Bertz CT molecular complexity index is 53.5. The van der Waals surface area contributed by atoms with E-state index in [4.69, 9.17) is 5.11 Å². The highest BCUT2D eigenvalue weighted by atomic mass is 16.3. The molecular weight excluding hydrogens is 84.0 g/mol. The van der Waals surface area contributed by atoms with Gasteiger partial charge in [-0.25, -0.2) is 0 Å². The van der Waals surface area contributed by atoms with Gasteiger partial charge in [0.2, 0.25) is 7.05 Å². The molecule has 4 heteroatoms. The van der Waals surface area contributed by atoms with Gasteiger partial charge in [0, 0.05) is 0 Å². The maximum absolute atomic E-state index is 9.69. The number of nitroso groups, excluding NO2 is 1. The Balaban J connectivity index is 2.83. The summed E-state index contributed by atoms with van der Waals surface area (Å²) in [7, 11) is 1.26. The molecular formula is C2H7N2O2+. The molecule has 0 amide bonds. The highest BCUT2D eigenvalue weighted by molar-refractivity contribution is 3.91. The van der Waals surface area contributed by atoms with Gasteiger partial charge in [0.25, 0.3) is 0 Å². The van der Waals surface area contributed by atoms with Crippen molar-refractivity contribution in [2.75, 3.05) is 13.8 Å². The zero-order chi connectivity index (χ0) is 4.99. The third-order valence-corrected chi connectivity index (χ3v) is 0.293. The summed E-state index contributed by atoms with van der Waals surface area (Å²) in [4.78, 5) is 10.1. The molecule has 0 saturated carbocycles. The molecule has 0 atom stereocenters. The second-order valence-electron chi connectivity index (χ2n) is 0.814. The maximum Gasteiger partial charge on any atom is 0.216 e. The third-order valence-electron chi connectivity index (χ3n) is 0.293.